The molecular formula is C17H26Cl2N2O. The number of rotatable bonds is 3. The highest BCUT2D eigenvalue weighted by molar-refractivity contribution is 6.30. The maximum Gasteiger partial charge on any atom is 0.0674 e. The summed E-state index contributed by atoms with van der Waals surface area (Å²) in [6.45, 7) is 6.37. The second-order valence-electron chi connectivity index (χ2n) is 6.31. The zero-order valence-electron chi connectivity index (χ0n) is 13.1. The summed E-state index contributed by atoms with van der Waals surface area (Å²) >= 11 is 5.98. The smallest absolute Gasteiger partial charge is 0.0674 e. The molecule has 2 aliphatic heterocycles. The van der Waals surface area contributed by atoms with Crippen molar-refractivity contribution in [2.24, 2.45) is 0 Å². The van der Waals surface area contributed by atoms with Crippen LogP contribution in [0.25, 0.3) is 0 Å². The maximum atomic E-state index is 5.98. The Bertz CT molecular complexity index is 448. The van der Waals surface area contributed by atoms with Crippen LogP contribution in [0.1, 0.15) is 25.3 Å². The van der Waals surface area contributed by atoms with Crippen molar-refractivity contribution in [1.29, 1.82) is 0 Å². The standard InChI is InChI=1S/C17H25ClN2O.ClH/c1-13-11-20(16-6-8-19-9-7-16)17(12-21-13)10-14-2-4-15(18)5-3-14;/h2-5,13,16-17,19H,6-12H2,1H3;1H/t13-,17?;/m0./s1. The molecule has 0 aliphatic carbocycles. The van der Waals surface area contributed by atoms with E-state index < -0.39 is 0 Å². The highest BCUT2D eigenvalue weighted by Gasteiger charge is 2.32. The Morgan fingerprint density at radius 3 is 2.59 bits per heavy atom. The fraction of sp³-hybridized carbons (Fsp3) is 0.647. The molecule has 0 spiro atoms. The predicted octanol–water partition coefficient (Wildman–Crippen LogP) is 3.15. The second-order valence-corrected chi connectivity index (χ2v) is 6.74. The van der Waals surface area contributed by atoms with Crippen LogP contribution in [0, 0.1) is 0 Å². The van der Waals surface area contributed by atoms with E-state index in [2.05, 4.69) is 29.3 Å². The number of piperidine rings is 1. The second kappa shape index (κ2) is 8.51. The Hall–Kier alpha value is -0.320. The number of hydrogen-bond acceptors (Lipinski definition) is 3. The molecule has 124 valence electrons. The Morgan fingerprint density at radius 2 is 1.91 bits per heavy atom. The van der Waals surface area contributed by atoms with Crippen LogP contribution in [0.4, 0.5) is 0 Å². The highest BCUT2D eigenvalue weighted by Crippen LogP contribution is 2.23. The minimum absolute atomic E-state index is 0. The van der Waals surface area contributed by atoms with Crippen LogP contribution in [0.3, 0.4) is 0 Å². The number of ether oxygens (including phenoxy) is 1. The summed E-state index contributed by atoms with van der Waals surface area (Å²) in [5.41, 5.74) is 1.35. The molecule has 0 amide bonds. The first-order valence-electron chi connectivity index (χ1n) is 8.05. The zero-order valence-corrected chi connectivity index (χ0v) is 14.7. The molecule has 3 rings (SSSR count). The van der Waals surface area contributed by atoms with Gasteiger partial charge in [0.25, 0.3) is 0 Å². The molecule has 2 heterocycles. The van der Waals surface area contributed by atoms with Crippen molar-refractivity contribution in [1.82, 2.24) is 10.2 Å². The van der Waals surface area contributed by atoms with Gasteiger partial charge in [-0.1, -0.05) is 23.7 Å². The predicted molar refractivity (Wildman–Crippen MR) is 94.2 cm³/mol. The van der Waals surface area contributed by atoms with Gasteiger partial charge in [-0.25, -0.2) is 0 Å². The average molecular weight is 345 g/mol. The molecule has 0 radical (unpaired) electrons. The van der Waals surface area contributed by atoms with Gasteiger partial charge in [-0.2, -0.15) is 0 Å². The fourth-order valence-electron chi connectivity index (χ4n) is 3.52. The number of morpholine rings is 1. The minimum atomic E-state index is 0. The van der Waals surface area contributed by atoms with Gasteiger partial charge in [0.05, 0.1) is 12.7 Å². The molecule has 2 saturated heterocycles. The molecular weight excluding hydrogens is 319 g/mol. The Morgan fingerprint density at radius 1 is 1.23 bits per heavy atom. The van der Waals surface area contributed by atoms with E-state index in [1.165, 1.54) is 18.4 Å². The van der Waals surface area contributed by atoms with E-state index in [0.717, 1.165) is 37.7 Å². The van der Waals surface area contributed by atoms with E-state index in [1.807, 2.05) is 12.1 Å². The Balaban J connectivity index is 0.00000176. The third-order valence-corrected chi connectivity index (χ3v) is 4.92. The van der Waals surface area contributed by atoms with Crippen LogP contribution in [0.2, 0.25) is 5.02 Å². The van der Waals surface area contributed by atoms with Gasteiger partial charge in [-0.05, 0) is 57.0 Å². The molecule has 0 aromatic heterocycles. The maximum absolute atomic E-state index is 5.98. The van der Waals surface area contributed by atoms with E-state index in [-0.39, 0.29) is 12.4 Å². The number of benzene rings is 1. The molecule has 3 nitrogen and oxygen atoms in total. The molecule has 22 heavy (non-hydrogen) atoms. The Kier molecular flexibility index (Phi) is 6.97. The fourth-order valence-corrected chi connectivity index (χ4v) is 3.65. The summed E-state index contributed by atoms with van der Waals surface area (Å²) in [4.78, 5) is 2.70. The largest absolute Gasteiger partial charge is 0.376 e. The molecule has 0 bridgehead atoms. The summed E-state index contributed by atoms with van der Waals surface area (Å²) in [5, 5.41) is 4.27. The topological polar surface area (TPSA) is 24.5 Å². The van der Waals surface area contributed by atoms with Gasteiger partial charge < -0.3 is 10.1 Å². The number of hydrogen-bond donors (Lipinski definition) is 1. The van der Waals surface area contributed by atoms with E-state index in [4.69, 9.17) is 16.3 Å². The number of nitrogens with zero attached hydrogens (tertiary/aromatic N) is 1. The van der Waals surface area contributed by atoms with Gasteiger partial charge in [0.15, 0.2) is 0 Å². The van der Waals surface area contributed by atoms with Crippen molar-refractivity contribution in [3.05, 3.63) is 34.9 Å². The van der Waals surface area contributed by atoms with Gasteiger partial charge >= 0.3 is 0 Å². The third-order valence-electron chi connectivity index (χ3n) is 4.67. The van der Waals surface area contributed by atoms with Gasteiger partial charge in [0, 0.05) is 23.7 Å². The summed E-state index contributed by atoms with van der Waals surface area (Å²) in [6, 6.07) is 9.44. The van der Waals surface area contributed by atoms with Crippen molar-refractivity contribution in [2.45, 2.75) is 44.4 Å². The van der Waals surface area contributed by atoms with Crippen LogP contribution >= 0.6 is 24.0 Å². The molecule has 1 N–H and O–H groups in total. The van der Waals surface area contributed by atoms with Crippen molar-refractivity contribution in [2.75, 3.05) is 26.2 Å². The Labute approximate surface area is 144 Å². The molecule has 1 unspecified atom stereocenters. The van der Waals surface area contributed by atoms with E-state index in [9.17, 15) is 0 Å². The van der Waals surface area contributed by atoms with E-state index in [1.54, 1.807) is 0 Å². The lowest BCUT2D eigenvalue weighted by molar-refractivity contribution is -0.0752. The minimum Gasteiger partial charge on any atom is -0.376 e. The lowest BCUT2D eigenvalue weighted by Gasteiger charge is -2.45. The highest BCUT2D eigenvalue weighted by atomic mass is 35.5. The average Bonchev–Trinajstić information content (AvgIpc) is 2.52. The van der Waals surface area contributed by atoms with Crippen LogP contribution in [-0.2, 0) is 11.2 Å². The lowest BCUT2D eigenvalue weighted by Crippen LogP contribution is -2.56. The summed E-state index contributed by atoms with van der Waals surface area (Å²) in [5.74, 6) is 0. The van der Waals surface area contributed by atoms with Gasteiger partial charge in [-0.15, -0.1) is 12.4 Å². The zero-order chi connectivity index (χ0) is 14.7. The van der Waals surface area contributed by atoms with Crippen molar-refractivity contribution >= 4 is 24.0 Å². The van der Waals surface area contributed by atoms with Gasteiger partial charge in [0.1, 0.15) is 0 Å². The number of halogens is 2. The van der Waals surface area contributed by atoms with Crippen molar-refractivity contribution in [3.8, 4) is 0 Å². The quantitative estimate of drug-likeness (QED) is 0.911. The molecule has 0 saturated carbocycles. The monoisotopic (exact) mass is 344 g/mol. The van der Waals surface area contributed by atoms with E-state index >= 15 is 0 Å². The van der Waals surface area contributed by atoms with Crippen LogP contribution < -0.4 is 5.32 Å². The first kappa shape index (κ1) is 18.0. The molecule has 2 fully saturated rings. The summed E-state index contributed by atoms with van der Waals surface area (Å²) < 4.78 is 5.92. The summed E-state index contributed by atoms with van der Waals surface area (Å²) in [7, 11) is 0. The molecule has 1 aromatic rings. The summed E-state index contributed by atoms with van der Waals surface area (Å²) in [6.07, 6.45) is 3.91. The molecule has 1 aromatic carbocycles. The van der Waals surface area contributed by atoms with Crippen LogP contribution in [0.15, 0.2) is 24.3 Å². The van der Waals surface area contributed by atoms with E-state index in [0.29, 0.717) is 18.2 Å². The molecule has 2 atom stereocenters. The normalized spacial score (nSPS) is 27.4. The third kappa shape index (κ3) is 4.59. The van der Waals surface area contributed by atoms with Crippen LogP contribution in [-0.4, -0.2) is 49.3 Å². The first-order chi connectivity index (χ1) is 10.2. The number of nitrogens with one attached hydrogen (secondary N) is 1. The van der Waals surface area contributed by atoms with Gasteiger partial charge in [0.2, 0.25) is 0 Å². The first-order valence-corrected chi connectivity index (χ1v) is 8.42. The van der Waals surface area contributed by atoms with Gasteiger partial charge in [-0.3, -0.25) is 4.90 Å². The molecule has 5 heteroatoms. The van der Waals surface area contributed by atoms with Crippen molar-refractivity contribution < 1.29 is 4.74 Å². The van der Waals surface area contributed by atoms with Crippen molar-refractivity contribution in [3.63, 3.8) is 0 Å². The lowest BCUT2D eigenvalue weighted by atomic mass is 9.97. The SMILES string of the molecule is C[C@H]1CN(C2CCNCC2)C(Cc2ccc(Cl)cc2)CO1.Cl. The molecule has 2 aliphatic rings. The van der Waals surface area contributed by atoms with Crippen LogP contribution in [0.5, 0.6) is 0 Å².